The normalized spacial score (nSPS) is 10.9. The van der Waals surface area contributed by atoms with Gasteiger partial charge in [0.2, 0.25) is 0 Å². The second kappa shape index (κ2) is 8.81. The van der Waals surface area contributed by atoms with Gasteiger partial charge in [0.05, 0.1) is 0 Å². The summed E-state index contributed by atoms with van der Waals surface area (Å²) in [5.74, 6) is 0. The number of hydrogen-bond donors (Lipinski definition) is 2. The van der Waals surface area contributed by atoms with Crippen molar-refractivity contribution >= 4 is 23.0 Å². The lowest BCUT2D eigenvalue weighted by Crippen LogP contribution is -2.29. The molecule has 0 amide bonds. The van der Waals surface area contributed by atoms with Crippen LogP contribution in [0.3, 0.4) is 0 Å². The van der Waals surface area contributed by atoms with Crippen molar-refractivity contribution in [3.63, 3.8) is 0 Å². The van der Waals surface area contributed by atoms with Crippen molar-refractivity contribution in [2.75, 3.05) is 12.4 Å². The molecule has 24 heavy (non-hydrogen) atoms. The number of rotatable bonds is 6. The molecule has 0 aromatic heterocycles. The second-order valence-electron chi connectivity index (χ2n) is 6.45. The van der Waals surface area contributed by atoms with Gasteiger partial charge in [-0.1, -0.05) is 36.4 Å². The van der Waals surface area contributed by atoms with Crippen molar-refractivity contribution < 1.29 is 0 Å². The average molecular weight is 342 g/mol. The zero-order chi connectivity index (χ0) is 17.5. The van der Waals surface area contributed by atoms with Crippen LogP contribution in [0.15, 0.2) is 48.5 Å². The van der Waals surface area contributed by atoms with Crippen molar-refractivity contribution in [2.45, 2.75) is 39.9 Å². The Labute approximate surface area is 151 Å². The van der Waals surface area contributed by atoms with Gasteiger partial charge < -0.3 is 10.6 Å². The zero-order valence-corrected chi connectivity index (χ0v) is 15.8. The predicted molar refractivity (Wildman–Crippen MR) is 107 cm³/mol. The molecule has 0 aliphatic heterocycles. The molecule has 2 aromatic carbocycles. The summed E-state index contributed by atoms with van der Waals surface area (Å²) >= 11 is 5.42. The van der Waals surface area contributed by atoms with E-state index >= 15 is 0 Å². The van der Waals surface area contributed by atoms with Gasteiger partial charge in [-0.15, -0.1) is 0 Å². The van der Waals surface area contributed by atoms with Crippen LogP contribution in [0.5, 0.6) is 0 Å². The number of nitrogens with zero attached hydrogens (tertiary/aromatic N) is 1. The molecule has 0 atom stereocenters. The smallest absolute Gasteiger partial charge is 0.171 e. The Morgan fingerprint density at radius 3 is 2.46 bits per heavy atom. The van der Waals surface area contributed by atoms with Gasteiger partial charge in [-0.05, 0) is 68.9 Å². The molecule has 128 valence electrons. The first-order valence-corrected chi connectivity index (χ1v) is 8.75. The molecule has 0 saturated carbocycles. The molecule has 0 bridgehead atoms. The molecule has 3 nitrogen and oxygen atoms in total. The highest BCUT2D eigenvalue weighted by Crippen LogP contribution is 2.13. The maximum absolute atomic E-state index is 5.42. The Kier molecular flexibility index (Phi) is 6.76. The molecule has 2 aromatic rings. The van der Waals surface area contributed by atoms with Crippen LogP contribution in [0.25, 0.3) is 0 Å². The van der Waals surface area contributed by atoms with E-state index in [9.17, 15) is 0 Å². The van der Waals surface area contributed by atoms with Crippen LogP contribution >= 0.6 is 12.2 Å². The van der Waals surface area contributed by atoms with Crippen molar-refractivity contribution in [3.05, 3.63) is 65.2 Å². The molecular formula is C20H27N3S. The van der Waals surface area contributed by atoms with Crippen LogP contribution in [-0.2, 0) is 13.1 Å². The summed E-state index contributed by atoms with van der Waals surface area (Å²) in [6.45, 7) is 8.15. The number of aryl methyl sites for hydroxylation is 1. The number of thiocarbonyl (C=S) groups is 1. The molecule has 2 N–H and O–H groups in total. The fourth-order valence-corrected chi connectivity index (χ4v) is 2.60. The van der Waals surface area contributed by atoms with Crippen LogP contribution in [0, 0.1) is 6.92 Å². The van der Waals surface area contributed by atoms with Crippen molar-refractivity contribution in [1.29, 1.82) is 0 Å². The summed E-state index contributed by atoms with van der Waals surface area (Å²) in [5, 5.41) is 7.20. The minimum atomic E-state index is 0.523. The van der Waals surface area contributed by atoms with Crippen molar-refractivity contribution in [3.8, 4) is 0 Å². The molecule has 0 unspecified atom stereocenters. The fraction of sp³-hybridized carbons (Fsp3) is 0.350. The van der Waals surface area contributed by atoms with E-state index in [1.165, 1.54) is 16.7 Å². The van der Waals surface area contributed by atoms with Gasteiger partial charge in [0.1, 0.15) is 0 Å². The highest BCUT2D eigenvalue weighted by atomic mass is 32.1. The lowest BCUT2D eigenvalue weighted by molar-refractivity contribution is 0.265. The summed E-state index contributed by atoms with van der Waals surface area (Å²) in [5.41, 5.74) is 4.84. The van der Waals surface area contributed by atoms with Crippen LogP contribution in [-0.4, -0.2) is 23.1 Å². The third-order valence-electron chi connectivity index (χ3n) is 4.14. The lowest BCUT2D eigenvalue weighted by Gasteiger charge is -2.23. The third kappa shape index (κ3) is 5.62. The number of nitrogens with one attached hydrogen (secondary N) is 2. The molecule has 0 spiro atoms. The lowest BCUT2D eigenvalue weighted by atomic mass is 10.1. The fourth-order valence-electron chi connectivity index (χ4n) is 2.41. The van der Waals surface area contributed by atoms with E-state index in [-0.39, 0.29) is 0 Å². The first-order valence-electron chi connectivity index (χ1n) is 8.34. The zero-order valence-electron chi connectivity index (χ0n) is 15.0. The summed E-state index contributed by atoms with van der Waals surface area (Å²) < 4.78 is 0. The molecule has 0 aliphatic rings. The molecule has 0 saturated heterocycles. The second-order valence-corrected chi connectivity index (χ2v) is 6.86. The van der Waals surface area contributed by atoms with E-state index in [0.29, 0.717) is 11.2 Å². The number of hydrogen-bond acceptors (Lipinski definition) is 2. The van der Waals surface area contributed by atoms with Gasteiger partial charge >= 0.3 is 0 Å². The van der Waals surface area contributed by atoms with Crippen LogP contribution in [0.4, 0.5) is 5.69 Å². The molecule has 2 rings (SSSR count). The molecule has 0 heterocycles. The Bertz CT molecular complexity index is 682. The van der Waals surface area contributed by atoms with Gasteiger partial charge in [-0.2, -0.15) is 0 Å². The van der Waals surface area contributed by atoms with E-state index in [0.717, 1.165) is 18.8 Å². The third-order valence-corrected chi connectivity index (χ3v) is 4.38. The quantitative estimate of drug-likeness (QED) is 0.765. The minimum Gasteiger partial charge on any atom is -0.358 e. The van der Waals surface area contributed by atoms with Gasteiger partial charge in [0.15, 0.2) is 5.11 Å². The Hall–Kier alpha value is -1.91. The molecular weight excluding hydrogens is 314 g/mol. The number of benzene rings is 2. The first kappa shape index (κ1) is 18.4. The Balaban J connectivity index is 1.95. The van der Waals surface area contributed by atoms with Gasteiger partial charge in [0.25, 0.3) is 0 Å². The molecule has 4 heteroatoms. The standard InChI is InChI=1S/C20H27N3S/c1-15(2)23(4)14-18-10-6-5-9-17(18)13-21-20(24)22-19-11-7-8-16(3)12-19/h5-12,15H,13-14H2,1-4H3,(H2,21,22,24). The predicted octanol–water partition coefficient (Wildman–Crippen LogP) is 4.32. The van der Waals surface area contributed by atoms with Crippen LogP contribution < -0.4 is 10.6 Å². The van der Waals surface area contributed by atoms with Crippen LogP contribution in [0.1, 0.15) is 30.5 Å². The van der Waals surface area contributed by atoms with E-state index in [2.05, 4.69) is 79.8 Å². The molecule has 0 radical (unpaired) electrons. The Morgan fingerprint density at radius 1 is 1.08 bits per heavy atom. The minimum absolute atomic E-state index is 0.523. The van der Waals surface area contributed by atoms with E-state index < -0.39 is 0 Å². The SMILES string of the molecule is Cc1cccc(NC(=S)NCc2ccccc2CN(C)C(C)C)c1. The number of anilines is 1. The highest BCUT2D eigenvalue weighted by molar-refractivity contribution is 7.80. The van der Waals surface area contributed by atoms with E-state index in [1.807, 2.05) is 12.1 Å². The average Bonchev–Trinajstić information content (AvgIpc) is 2.54. The van der Waals surface area contributed by atoms with Crippen molar-refractivity contribution in [2.24, 2.45) is 0 Å². The largest absolute Gasteiger partial charge is 0.358 e. The Morgan fingerprint density at radius 2 is 1.79 bits per heavy atom. The molecule has 0 fully saturated rings. The first-order chi connectivity index (χ1) is 11.5. The topological polar surface area (TPSA) is 27.3 Å². The van der Waals surface area contributed by atoms with Gasteiger partial charge in [-0.25, -0.2) is 0 Å². The summed E-state index contributed by atoms with van der Waals surface area (Å²) in [6, 6.07) is 17.2. The van der Waals surface area contributed by atoms with Gasteiger partial charge in [-0.3, -0.25) is 4.90 Å². The summed E-state index contributed by atoms with van der Waals surface area (Å²) in [4.78, 5) is 2.34. The summed E-state index contributed by atoms with van der Waals surface area (Å²) in [6.07, 6.45) is 0. The van der Waals surface area contributed by atoms with E-state index in [1.54, 1.807) is 0 Å². The van der Waals surface area contributed by atoms with Crippen LogP contribution in [0.2, 0.25) is 0 Å². The van der Waals surface area contributed by atoms with Crippen molar-refractivity contribution in [1.82, 2.24) is 10.2 Å². The van der Waals surface area contributed by atoms with E-state index in [4.69, 9.17) is 12.2 Å². The van der Waals surface area contributed by atoms with Gasteiger partial charge in [0, 0.05) is 24.8 Å². The maximum atomic E-state index is 5.42. The highest BCUT2D eigenvalue weighted by Gasteiger charge is 2.08. The monoisotopic (exact) mass is 341 g/mol. The summed E-state index contributed by atoms with van der Waals surface area (Å²) in [7, 11) is 2.15. The molecule has 0 aliphatic carbocycles. The maximum Gasteiger partial charge on any atom is 0.171 e.